The molecule has 2 rings (SSSR count). The normalized spacial score (nSPS) is 41.2. The van der Waals surface area contributed by atoms with Gasteiger partial charge in [-0.3, -0.25) is 0 Å². The average Bonchev–Trinajstić information content (AvgIpc) is 2.46. The zero-order chi connectivity index (χ0) is 7.73. The van der Waals surface area contributed by atoms with Crippen LogP contribution in [-0.4, -0.2) is 36.4 Å². The van der Waals surface area contributed by atoms with Crippen molar-refractivity contribution in [3.8, 4) is 0 Å². The van der Waals surface area contributed by atoms with Gasteiger partial charge in [-0.05, 0) is 32.4 Å². The first-order valence-corrected chi connectivity index (χ1v) is 4.47. The summed E-state index contributed by atoms with van der Waals surface area (Å²) >= 11 is 0. The van der Waals surface area contributed by atoms with Crippen LogP contribution in [0.3, 0.4) is 0 Å². The predicted octanol–water partition coefficient (Wildman–Crippen LogP) is -0.115. The summed E-state index contributed by atoms with van der Waals surface area (Å²) in [7, 11) is 0. The highest BCUT2D eigenvalue weighted by Gasteiger charge is 2.41. The minimum Gasteiger partial charge on any atom is -0.391 e. The SMILES string of the molecule is Cl.OC1CCCNC12CCNC2. The summed E-state index contributed by atoms with van der Waals surface area (Å²) in [5, 5.41) is 16.5. The molecule has 1 spiro atoms. The van der Waals surface area contributed by atoms with E-state index in [-0.39, 0.29) is 24.0 Å². The second-order valence-corrected chi connectivity index (χ2v) is 3.67. The smallest absolute Gasteiger partial charge is 0.0735 e. The lowest BCUT2D eigenvalue weighted by Gasteiger charge is -2.38. The molecule has 4 heteroatoms. The molecule has 3 N–H and O–H groups in total. The highest BCUT2D eigenvalue weighted by atomic mass is 35.5. The number of aliphatic hydroxyl groups excluding tert-OH is 1. The van der Waals surface area contributed by atoms with E-state index in [1.807, 2.05) is 0 Å². The van der Waals surface area contributed by atoms with Gasteiger partial charge in [0.1, 0.15) is 0 Å². The molecule has 0 saturated carbocycles. The van der Waals surface area contributed by atoms with E-state index in [1.54, 1.807) is 0 Å². The van der Waals surface area contributed by atoms with Crippen LogP contribution in [0, 0.1) is 0 Å². The third-order valence-electron chi connectivity index (χ3n) is 2.96. The van der Waals surface area contributed by atoms with Gasteiger partial charge >= 0.3 is 0 Å². The van der Waals surface area contributed by atoms with E-state index in [9.17, 15) is 5.11 Å². The number of aliphatic hydroxyl groups is 1. The topological polar surface area (TPSA) is 44.3 Å². The fourth-order valence-corrected chi connectivity index (χ4v) is 2.17. The van der Waals surface area contributed by atoms with Crippen molar-refractivity contribution in [3.05, 3.63) is 0 Å². The Labute approximate surface area is 79.3 Å². The van der Waals surface area contributed by atoms with Gasteiger partial charge in [0.25, 0.3) is 0 Å². The number of hydrogen-bond acceptors (Lipinski definition) is 3. The van der Waals surface area contributed by atoms with Crippen molar-refractivity contribution in [2.24, 2.45) is 0 Å². The van der Waals surface area contributed by atoms with Crippen LogP contribution in [0.1, 0.15) is 19.3 Å². The van der Waals surface area contributed by atoms with Crippen LogP contribution < -0.4 is 10.6 Å². The lowest BCUT2D eigenvalue weighted by atomic mass is 9.85. The molecule has 2 atom stereocenters. The summed E-state index contributed by atoms with van der Waals surface area (Å²) in [5.41, 5.74) is 0.0260. The quantitative estimate of drug-likeness (QED) is 0.502. The van der Waals surface area contributed by atoms with Crippen LogP contribution in [0.15, 0.2) is 0 Å². The van der Waals surface area contributed by atoms with Crippen LogP contribution >= 0.6 is 12.4 Å². The lowest BCUT2D eigenvalue weighted by molar-refractivity contribution is 0.0412. The van der Waals surface area contributed by atoms with E-state index in [2.05, 4.69) is 10.6 Å². The van der Waals surface area contributed by atoms with E-state index in [0.29, 0.717) is 0 Å². The van der Waals surface area contributed by atoms with Crippen molar-refractivity contribution in [2.45, 2.75) is 30.9 Å². The molecule has 3 nitrogen and oxygen atoms in total. The molecule has 2 fully saturated rings. The van der Waals surface area contributed by atoms with Crippen molar-refractivity contribution in [3.63, 3.8) is 0 Å². The standard InChI is InChI=1S/C8H16N2O.ClH/c11-7-2-1-4-10-8(7)3-5-9-6-8;/h7,9-11H,1-6H2;1H. The lowest BCUT2D eigenvalue weighted by Crippen LogP contribution is -2.59. The second kappa shape index (κ2) is 3.92. The Morgan fingerprint density at radius 3 is 2.75 bits per heavy atom. The molecular formula is C8H17ClN2O. The highest BCUT2D eigenvalue weighted by Crippen LogP contribution is 2.25. The van der Waals surface area contributed by atoms with Crippen molar-refractivity contribution in [2.75, 3.05) is 19.6 Å². The van der Waals surface area contributed by atoms with Crippen LogP contribution in [0.5, 0.6) is 0 Å². The van der Waals surface area contributed by atoms with Crippen molar-refractivity contribution in [1.82, 2.24) is 10.6 Å². The maximum atomic E-state index is 9.76. The van der Waals surface area contributed by atoms with E-state index in [0.717, 1.165) is 38.9 Å². The summed E-state index contributed by atoms with van der Waals surface area (Å²) in [4.78, 5) is 0. The van der Waals surface area contributed by atoms with Crippen molar-refractivity contribution >= 4 is 12.4 Å². The predicted molar refractivity (Wildman–Crippen MR) is 50.7 cm³/mol. The van der Waals surface area contributed by atoms with Crippen LogP contribution in [0.2, 0.25) is 0 Å². The number of hydrogen-bond donors (Lipinski definition) is 3. The molecule has 0 radical (unpaired) electrons. The van der Waals surface area contributed by atoms with Gasteiger partial charge in [-0.25, -0.2) is 0 Å². The molecular weight excluding hydrogens is 176 g/mol. The van der Waals surface area contributed by atoms with Gasteiger partial charge in [-0.2, -0.15) is 0 Å². The average molecular weight is 193 g/mol. The largest absolute Gasteiger partial charge is 0.391 e. The third kappa shape index (κ3) is 1.59. The zero-order valence-corrected chi connectivity index (χ0v) is 7.99. The summed E-state index contributed by atoms with van der Waals surface area (Å²) in [6.45, 7) is 3.05. The number of rotatable bonds is 0. The Morgan fingerprint density at radius 2 is 2.17 bits per heavy atom. The Hall–Kier alpha value is 0.170. The van der Waals surface area contributed by atoms with Gasteiger partial charge in [0.05, 0.1) is 11.6 Å². The van der Waals surface area contributed by atoms with Gasteiger partial charge in [0, 0.05) is 6.54 Å². The molecule has 72 valence electrons. The molecule has 2 saturated heterocycles. The molecule has 2 heterocycles. The van der Waals surface area contributed by atoms with Crippen LogP contribution in [0.25, 0.3) is 0 Å². The Kier molecular flexibility index (Phi) is 3.35. The van der Waals surface area contributed by atoms with E-state index in [1.165, 1.54) is 0 Å². The maximum Gasteiger partial charge on any atom is 0.0735 e. The maximum absolute atomic E-state index is 9.76. The number of nitrogens with one attached hydrogen (secondary N) is 2. The molecule has 2 aliphatic rings. The van der Waals surface area contributed by atoms with Crippen molar-refractivity contribution in [1.29, 1.82) is 0 Å². The first kappa shape index (κ1) is 10.3. The molecule has 2 unspecified atom stereocenters. The molecule has 0 bridgehead atoms. The minimum atomic E-state index is -0.133. The van der Waals surface area contributed by atoms with Crippen LogP contribution in [0.4, 0.5) is 0 Å². The fraction of sp³-hybridized carbons (Fsp3) is 1.00. The third-order valence-corrected chi connectivity index (χ3v) is 2.96. The molecule has 0 aromatic heterocycles. The molecule has 0 aromatic rings. The first-order chi connectivity index (χ1) is 5.33. The zero-order valence-electron chi connectivity index (χ0n) is 7.18. The summed E-state index contributed by atoms with van der Waals surface area (Å²) in [6, 6.07) is 0. The molecule has 12 heavy (non-hydrogen) atoms. The van der Waals surface area contributed by atoms with Gasteiger partial charge in [0.2, 0.25) is 0 Å². The summed E-state index contributed by atoms with van der Waals surface area (Å²) < 4.78 is 0. The number of piperidine rings is 1. The van der Waals surface area contributed by atoms with E-state index < -0.39 is 0 Å². The monoisotopic (exact) mass is 192 g/mol. The van der Waals surface area contributed by atoms with E-state index >= 15 is 0 Å². The Bertz CT molecular complexity index is 148. The minimum absolute atomic E-state index is 0. The van der Waals surface area contributed by atoms with Gasteiger partial charge in [-0.15, -0.1) is 12.4 Å². The molecule has 2 aliphatic heterocycles. The fourth-order valence-electron chi connectivity index (χ4n) is 2.17. The summed E-state index contributed by atoms with van der Waals surface area (Å²) in [6.07, 6.45) is 3.03. The molecule has 0 amide bonds. The van der Waals surface area contributed by atoms with Crippen molar-refractivity contribution < 1.29 is 5.11 Å². The van der Waals surface area contributed by atoms with E-state index in [4.69, 9.17) is 0 Å². The molecule has 0 aromatic carbocycles. The second-order valence-electron chi connectivity index (χ2n) is 3.67. The van der Waals surface area contributed by atoms with Gasteiger partial charge in [0.15, 0.2) is 0 Å². The Morgan fingerprint density at radius 1 is 1.33 bits per heavy atom. The highest BCUT2D eigenvalue weighted by molar-refractivity contribution is 5.85. The Balaban J connectivity index is 0.000000720. The summed E-state index contributed by atoms with van der Waals surface area (Å²) in [5.74, 6) is 0. The van der Waals surface area contributed by atoms with Crippen LogP contribution in [-0.2, 0) is 0 Å². The molecule has 0 aliphatic carbocycles. The first-order valence-electron chi connectivity index (χ1n) is 4.47. The van der Waals surface area contributed by atoms with Gasteiger partial charge < -0.3 is 15.7 Å². The van der Waals surface area contributed by atoms with Gasteiger partial charge in [-0.1, -0.05) is 0 Å². The number of halogens is 1.